The summed E-state index contributed by atoms with van der Waals surface area (Å²) in [4.78, 5) is 25.2. The number of halogens is 3. The number of carbonyl (C=O) groups is 1. The van der Waals surface area contributed by atoms with E-state index in [1.165, 1.54) is 24.9 Å². The Morgan fingerprint density at radius 3 is 2.52 bits per heavy atom. The molecular formula is C22H17BrF2O5S. The standard InChI is InChI=1S/C22H17BrF2O5S/c1-29-20(27)10-16(12-2-7-17(24)18(25)8-12)22-21(28)19(26)9-14(30-22)11-31-15-5-3-13(23)4-6-15/h2-9,16,28H,10-11H2,1H3/t16-/m1/s1. The van der Waals surface area contributed by atoms with Crippen molar-refractivity contribution in [3.05, 3.63) is 91.9 Å². The summed E-state index contributed by atoms with van der Waals surface area (Å²) in [6, 6.07) is 11.7. The maximum Gasteiger partial charge on any atom is 0.306 e. The number of thioether (sulfide) groups is 1. The molecule has 0 bridgehead atoms. The number of carbonyl (C=O) groups excluding carboxylic acids is 1. The zero-order valence-electron chi connectivity index (χ0n) is 16.2. The molecule has 0 aliphatic heterocycles. The van der Waals surface area contributed by atoms with Crippen LogP contribution in [0.15, 0.2) is 67.1 Å². The average molecular weight is 511 g/mol. The number of hydrogen-bond acceptors (Lipinski definition) is 6. The highest BCUT2D eigenvalue weighted by atomic mass is 79.9. The minimum Gasteiger partial charge on any atom is -0.502 e. The molecule has 0 radical (unpaired) electrons. The van der Waals surface area contributed by atoms with E-state index in [0.717, 1.165) is 27.6 Å². The van der Waals surface area contributed by atoms with Crippen LogP contribution in [0.5, 0.6) is 5.75 Å². The molecule has 0 aliphatic rings. The molecule has 0 aliphatic carbocycles. The van der Waals surface area contributed by atoms with Crippen LogP contribution in [0.2, 0.25) is 0 Å². The van der Waals surface area contributed by atoms with E-state index in [2.05, 4.69) is 20.7 Å². The van der Waals surface area contributed by atoms with Crippen LogP contribution in [-0.4, -0.2) is 18.2 Å². The highest BCUT2D eigenvalue weighted by Gasteiger charge is 2.27. The largest absolute Gasteiger partial charge is 0.502 e. The Morgan fingerprint density at radius 2 is 1.87 bits per heavy atom. The number of benzene rings is 2. The van der Waals surface area contributed by atoms with Crippen LogP contribution >= 0.6 is 27.7 Å². The molecule has 0 spiro atoms. The third kappa shape index (κ3) is 5.74. The van der Waals surface area contributed by atoms with Crippen molar-refractivity contribution in [3.63, 3.8) is 0 Å². The van der Waals surface area contributed by atoms with Gasteiger partial charge in [-0.25, -0.2) is 8.78 Å². The minimum absolute atomic E-state index is 0.153. The van der Waals surface area contributed by atoms with Gasteiger partial charge >= 0.3 is 5.97 Å². The lowest BCUT2D eigenvalue weighted by molar-refractivity contribution is -0.140. The summed E-state index contributed by atoms with van der Waals surface area (Å²) >= 11 is 4.76. The van der Waals surface area contributed by atoms with E-state index >= 15 is 0 Å². The van der Waals surface area contributed by atoms with E-state index < -0.39 is 34.7 Å². The Kier molecular flexibility index (Phi) is 7.50. The number of esters is 1. The maximum absolute atomic E-state index is 13.8. The summed E-state index contributed by atoms with van der Waals surface area (Å²) in [5.74, 6) is -4.30. The monoisotopic (exact) mass is 510 g/mol. The normalized spacial score (nSPS) is 11.9. The Labute approximate surface area is 189 Å². The van der Waals surface area contributed by atoms with E-state index in [9.17, 15) is 23.5 Å². The van der Waals surface area contributed by atoms with Crippen molar-refractivity contribution in [2.75, 3.05) is 7.11 Å². The van der Waals surface area contributed by atoms with Crippen LogP contribution in [-0.2, 0) is 15.3 Å². The number of rotatable bonds is 7. The molecular weight excluding hydrogens is 494 g/mol. The predicted octanol–water partition coefficient (Wildman–Crippen LogP) is 5.37. The van der Waals surface area contributed by atoms with Gasteiger partial charge in [0, 0.05) is 15.4 Å². The van der Waals surface area contributed by atoms with E-state index in [4.69, 9.17) is 4.42 Å². The van der Waals surface area contributed by atoms with Gasteiger partial charge < -0.3 is 14.3 Å². The highest BCUT2D eigenvalue weighted by Crippen LogP contribution is 2.35. The molecule has 0 saturated carbocycles. The second-order valence-electron chi connectivity index (χ2n) is 6.54. The molecule has 3 rings (SSSR count). The van der Waals surface area contributed by atoms with Gasteiger partial charge in [0.15, 0.2) is 17.4 Å². The predicted molar refractivity (Wildman–Crippen MR) is 115 cm³/mol. The van der Waals surface area contributed by atoms with Crippen molar-refractivity contribution >= 4 is 33.7 Å². The zero-order chi connectivity index (χ0) is 22.5. The van der Waals surface area contributed by atoms with Gasteiger partial charge in [-0.1, -0.05) is 22.0 Å². The van der Waals surface area contributed by atoms with Crippen LogP contribution in [0.1, 0.15) is 29.4 Å². The Morgan fingerprint density at radius 1 is 1.16 bits per heavy atom. The molecule has 1 heterocycles. The summed E-state index contributed by atoms with van der Waals surface area (Å²) in [6.45, 7) is 0. The lowest BCUT2D eigenvalue weighted by atomic mass is 9.92. The van der Waals surface area contributed by atoms with E-state index in [0.29, 0.717) is 0 Å². The highest BCUT2D eigenvalue weighted by molar-refractivity contribution is 9.10. The van der Waals surface area contributed by atoms with Crippen molar-refractivity contribution in [1.82, 2.24) is 0 Å². The maximum atomic E-state index is 13.8. The quantitative estimate of drug-likeness (QED) is 0.340. The molecule has 31 heavy (non-hydrogen) atoms. The fraction of sp³-hybridized carbons (Fsp3) is 0.182. The van der Waals surface area contributed by atoms with Gasteiger partial charge in [0.25, 0.3) is 0 Å². The number of hydrogen-bond donors (Lipinski definition) is 1. The number of aromatic hydroxyl groups is 1. The van der Waals surface area contributed by atoms with Gasteiger partial charge in [0.2, 0.25) is 11.2 Å². The third-order valence-electron chi connectivity index (χ3n) is 4.46. The summed E-state index contributed by atoms with van der Waals surface area (Å²) in [5.41, 5.74) is -0.550. The van der Waals surface area contributed by atoms with Gasteiger partial charge in [-0.15, -0.1) is 11.8 Å². The molecule has 0 fully saturated rings. The second-order valence-corrected chi connectivity index (χ2v) is 8.50. The van der Waals surface area contributed by atoms with E-state index in [1.807, 2.05) is 24.3 Å². The molecule has 3 aromatic rings. The first-order chi connectivity index (χ1) is 14.8. The first-order valence-corrected chi connectivity index (χ1v) is 10.8. The first-order valence-electron chi connectivity index (χ1n) is 9.04. The molecule has 9 heteroatoms. The molecule has 0 unspecified atom stereocenters. The summed E-state index contributed by atoms with van der Waals surface area (Å²) in [5, 5.41) is 10.3. The number of methoxy groups -OCH3 is 1. The Balaban J connectivity index is 1.98. The van der Waals surface area contributed by atoms with Gasteiger partial charge in [-0.3, -0.25) is 9.59 Å². The summed E-state index contributed by atoms with van der Waals surface area (Å²) in [7, 11) is 1.17. The summed E-state index contributed by atoms with van der Waals surface area (Å²) in [6.07, 6.45) is -0.346. The Hall–Kier alpha value is -2.65. The van der Waals surface area contributed by atoms with Gasteiger partial charge in [0.1, 0.15) is 5.76 Å². The summed E-state index contributed by atoms with van der Waals surface area (Å²) < 4.78 is 38.6. The molecule has 2 aromatic carbocycles. The molecule has 0 saturated heterocycles. The van der Waals surface area contributed by atoms with Crippen molar-refractivity contribution in [1.29, 1.82) is 0 Å². The molecule has 1 N–H and O–H groups in total. The molecule has 0 amide bonds. The van der Waals surface area contributed by atoms with Gasteiger partial charge in [0.05, 0.1) is 25.2 Å². The molecule has 5 nitrogen and oxygen atoms in total. The third-order valence-corrected chi connectivity index (χ3v) is 6.02. The average Bonchev–Trinajstić information content (AvgIpc) is 2.76. The SMILES string of the molecule is COC(=O)C[C@H](c1ccc(F)c(F)c1)c1oc(CSc2ccc(Br)cc2)cc(=O)c1O. The second kappa shape index (κ2) is 10.1. The molecule has 1 atom stereocenters. The van der Waals surface area contributed by atoms with Crippen molar-refractivity contribution < 1.29 is 27.8 Å². The minimum atomic E-state index is -1.13. The topological polar surface area (TPSA) is 76.7 Å². The van der Waals surface area contributed by atoms with Crippen molar-refractivity contribution in [2.45, 2.75) is 23.0 Å². The van der Waals surface area contributed by atoms with Crippen molar-refractivity contribution in [3.8, 4) is 5.75 Å². The number of ether oxygens (including phenoxy) is 1. The fourth-order valence-electron chi connectivity index (χ4n) is 2.89. The lowest BCUT2D eigenvalue weighted by Crippen LogP contribution is -2.14. The van der Waals surface area contributed by atoms with Gasteiger partial charge in [-0.2, -0.15) is 0 Å². The fourth-order valence-corrected chi connectivity index (χ4v) is 3.93. The van der Waals surface area contributed by atoms with E-state index in [1.54, 1.807) is 0 Å². The van der Waals surface area contributed by atoms with E-state index in [-0.39, 0.29) is 29.3 Å². The molecule has 162 valence electrons. The smallest absolute Gasteiger partial charge is 0.306 e. The first kappa shape index (κ1) is 23.0. The van der Waals surface area contributed by atoms with Crippen molar-refractivity contribution in [2.24, 2.45) is 0 Å². The lowest BCUT2D eigenvalue weighted by Gasteiger charge is -2.17. The molecule has 1 aromatic heterocycles. The Bertz CT molecular complexity index is 1150. The van der Waals surface area contributed by atoms with Gasteiger partial charge in [-0.05, 0) is 42.0 Å². The van der Waals surface area contributed by atoms with Crippen LogP contribution in [0.25, 0.3) is 0 Å². The zero-order valence-corrected chi connectivity index (χ0v) is 18.6. The van der Waals surface area contributed by atoms with Crippen LogP contribution < -0.4 is 5.43 Å². The van der Waals surface area contributed by atoms with Crippen LogP contribution in [0, 0.1) is 11.6 Å². The van der Waals surface area contributed by atoms with Crippen LogP contribution in [0.3, 0.4) is 0 Å². The van der Waals surface area contributed by atoms with Crippen LogP contribution in [0.4, 0.5) is 8.78 Å².